The predicted octanol–water partition coefficient (Wildman–Crippen LogP) is 2.15. The zero-order valence-electron chi connectivity index (χ0n) is 13.9. The molecular weight excluding hydrogens is 362 g/mol. The highest BCUT2D eigenvalue weighted by molar-refractivity contribution is 6.40. The molecule has 0 radical (unpaired) electrons. The van der Waals surface area contributed by atoms with Crippen LogP contribution in [0.1, 0.15) is 5.56 Å². The van der Waals surface area contributed by atoms with E-state index < -0.39 is 11.8 Å². The number of hydrogen-bond acceptors (Lipinski definition) is 6. The lowest BCUT2D eigenvalue weighted by atomic mass is 10.2. The molecule has 0 heterocycles. The van der Waals surface area contributed by atoms with E-state index in [2.05, 4.69) is 15.8 Å². The summed E-state index contributed by atoms with van der Waals surface area (Å²) in [4.78, 5) is 23.6. The molecule has 0 spiro atoms. The average Bonchev–Trinajstić information content (AvgIpc) is 2.63. The van der Waals surface area contributed by atoms with Crippen LogP contribution < -0.4 is 20.2 Å². The van der Waals surface area contributed by atoms with E-state index in [0.717, 1.165) is 0 Å². The Morgan fingerprint density at radius 1 is 1.08 bits per heavy atom. The molecule has 136 valence electrons. The molecule has 2 rings (SSSR count). The minimum absolute atomic E-state index is 0.0220. The number of anilines is 1. The van der Waals surface area contributed by atoms with Gasteiger partial charge in [-0.3, -0.25) is 9.59 Å². The van der Waals surface area contributed by atoms with Gasteiger partial charge in [-0.2, -0.15) is 5.10 Å². The Morgan fingerprint density at radius 2 is 1.81 bits per heavy atom. The van der Waals surface area contributed by atoms with Crippen molar-refractivity contribution in [2.75, 3.05) is 19.5 Å². The number of halogens is 1. The molecule has 0 unspecified atom stereocenters. The van der Waals surface area contributed by atoms with Crippen molar-refractivity contribution in [1.29, 1.82) is 0 Å². The topological polar surface area (TPSA) is 109 Å². The number of phenols is 1. The summed E-state index contributed by atoms with van der Waals surface area (Å²) in [5.74, 6) is -1.19. The number of benzene rings is 2. The fourth-order valence-electron chi connectivity index (χ4n) is 1.92. The van der Waals surface area contributed by atoms with Gasteiger partial charge in [-0.1, -0.05) is 11.6 Å². The Balaban J connectivity index is 1.94. The molecule has 8 nitrogen and oxygen atoms in total. The van der Waals surface area contributed by atoms with Crippen LogP contribution in [0.2, 0.25) is 5.02 Å². The maximum absolute atomic E-state index is 11.8. The number of carbonyl (C=O) groups is 2. The van der Waals surface area contributed by atoms with Gasteiger partial charge < -0.3 is 19.9 Å². The van der Waals surface area contributed by atoms with Crippen molar-refractivity contribution in [3.05, 3.63) is 47.0 Å². The standard InChI is InChI=1S/C17H16ClN3O5/c1-25-14-6-4-11(8-12(14)18)20-16(23)17(24)21-19-9-10-3-5-13(22)15(7-10)26-2/h3-9,22H,1-2H3,(H,20,23)(H,21,24)/b19-9-. The van der Waals surface area contributed by atoms with Crippen LogP contribution >= 0.6 is 11.6 Å². The number of rotatable bonds is 5. The van der Waals surface area contributed by atoms with Crippen LogP contribution in [0.3, 0.4) is 0 Å². The van der Waals surface area contributed by atoms with Crippen LogP contribution in [0.5, 0.6) is 17.2 Å². The first kappa shape index (κ1) is 19.1. The third-order valence-corrected chi connectivity index (χ3v) is 3.49. The maximum Gasteiger partial charge on any atom is 0.329 e. The lowest BCUT2D eigenvalue weighted by Gasteiger charge is -2.07. The Labute approximate surface area is 154 Å². The monoisotopic (exact) mass is 377 g/mol. The molecule has 3 N–H and O–H groups in total. The minimum atomic E-state index is -0.959. The maximum atomic E-state index is 11.8. The van der Waals surface area contributed by atoms with E-state index in [1.54, 1.807) is 18.2 Å². The molecule has 0 atom stereocenters. The molecule has 0 saturated carbocycles. The second-order valence-electron chi connectivity index (χ2n) is 4.93. The molecule has 0 aromatic heterocycles. The average molecular weight is 378 g/mol. The lowest BCUT2D eigenvalue weighted by Crippen LogP contribution is -2.32. The van der Waals surface area contributed by atoms with Gasteiger partial charge in [-0.05, 0) is 42.0 Å². The Kier molecular flexibility index (Phi) is 6.40. The number of nitrogens with one attached hydrogen (secondary N) is 2. The second-order valence-corrected chi connectivity index (χ2v) is 5.34. The highest BCUT2D eigenvalue weighted by Gasteiger charge is 2.13. The molecule has 26 heavy (non-hydrogen) atoms. The van der Waals surface area contributed by atoms with E-state index in [9.17, 15) is 14.7 Å². The summed E-state index contributed by atoms with van der Waals surface area (Å²) in [6, 6.07) is 9.06. The normalized spacial score (nSPS) is 10.4. The summed E-state index contributed by atoms with van der Waals surface area (Å²) in [6.45, 7) is 0. The first-order chi connectivity index (χ1) is 12.4. The summed E-state index contributed by atoms with van der Waals surface area (Å²) >= 11 is 5.95. The number of aromatic hydroxyl groups is 1. The summed E-state index contributed by atoms with van der Waals surface area (Å²) in [7, 11) is 2.88. The molecule has 2 amide bonds. The molecule has 0 aliphatic carbocycles. The van der Waals surface area contributed by atoms with E-state index in [0.29, 0.717) is 22.0 Å². The molecule has 0 fully saturated rings. The number of carbonyl (C=O) groups excluding carboxylic acids is 2. The SMILES string of the molecule is COc1cc(/C=N\NC(=O)C(=O)Nc2ccc(OC)c(Cl)c2)ccc1O. The van der Waals surface area contributed by atoms with Crippen LogP contribution in [0, 0.1) is 0 Å². The summed E-state index contributed by atoms with van der Waals surface area (Å²) in [5, 5.41) is 15.9. The molecule has 0 bridgehead atoms. The fraction of sp³-hybridized carbons (Fsp3) is 0.118. The van der Waals surface area contributed by atoms with E-state index >= 15 is 0 Å². The van der Waals surface area contributed by atoms with E-state index in [4.69, 9.17) is 21.1 Å². The molecule has 0 saturated heterocycles. The van der Waals surface area contributed by atoms with Gasteiger partial charge in [0.1, 0.15) is 5.75 Å². The van der Waals surface area contributed by atoms with Crippen molar-refractivity contribution >= 4 is 35.3 Å². The highest BCUT2D eigenvalue weighted by Crippen LogP contribution is 2.27. The molecular formula is C17H16ClN3O5. The zero-order valence-corrected chi connectivity index (χ0v) is 14.7. The molecule has 2 aromatic carbocycles. The van der Waals surface area contributed by atoms with Gasteiger partial charge in [0.05, 0.1) is 25.5 Å². The van der Waals surface area contributed by atoms with E-state index in [1.807, 2.05) is 0 Å². The summed E-state index contributed by atoms with van der Waals surface area (Å²) < 4.78 is 9.96. The second kappa shape index (κ2) is 8.72. The number of hydrazone groups is 1. The quantitative estimate of drug-likeness (QED) is 0.420. The number of amides is 2. The third kappa shape index (κ3) is 4.87. The molecule has 2 aromatic rings. The van der Waals surface area contributed by atoms with Crippen molar-refractivity contribution in [1.82, 2.24) is 5.43 Å². The van der Waals surface area contributed by atoms with Crippen LogP contribution in [-0.2, 0) is 9.59 Å². The Bertz CT molecular complexity index is 854. The molecule has 0 aliphatic heterocycles. The van der Waals surface area contributed by atoms with Gasteiger partial charge in [0, 0.05) is 5.69 Å². The zero-order chi connectivity index (χ0) is 19.1. The first-order valence-corrected chi connectivity index (χ1v) is 7.67. The van der Waals surface area contributed by atoms with Gasteiger partial charge in [-0.15, -0.1) is 0 Å². The van der Waals surface area contributed by atoms with E-state index in [1.165, 1.54) is 38.6 Å². The number of methoxy groups -OCH3 is 2. The number of phenolic OH excluding ortho intramolecular Hbond substituents is 1. The lowest BCUT2D eigenvalue weighted by molar-refractivity contribution is -0.136. The predicted molar refractivity (Wildman–Crippen MR) is 97.0 cm³/mol. The van der Waals surface area contributed by atoms with E-state index in [-0.39, 0.29) is 11.5 Å². The number of ether oxygens (including phenoxy) is 2. The van der Waals surface area contributed by atoms with Crippen molar-refractivity contribution < 1.29 is 24.2 Å². The van der Waals surface area contributed by atoms with Gasteiger partial charge in [0.2, 0.25) is 0 Å². The summed E-state index contributed by atoms with van der Waals surface area (Å²) in [5.41, 5.74) is 2.99. The minimum Gasteiger partial charge on any atom is -0.504 e. The molecule has 9 heteroatoms. The van der Waals surface area contributed by atoms with Gasteiger partial charge >= 0.3 is 11.8 Å². The Morgan fingerprint density at radius 3 is 2.46 bits per heavy atom. The van der Waals surface area contributed by atoms with Crippen LogP contribution in [0.15, 0.2) is 41.5 Å². The summed E-state index contributed by atoms with van der Waals surface area (Å²) in [6.07, 6.45) is 1.30. The van der Waals surface area contributed by atoms with Gasteiger partial charge in [-0.25, -0.2) is 5.43 Å². The smallest absolute Gasteiger partial charge is 0.329 e. The van der Waals surface area contributed by atoms with Gasteiger partial charge in [0.25, 0.3) is 0 Å². The van der Waals surface area contributed by atoms with Gasteiger partial charge in [0.15, 0.2) is 11.5 Å². The number of nitrogens with zero attached hydrogens (tertiary/aromatic N) is 1. The van der Waals surface area contributed by atoms with Crippen LogP contribution in [-0.4, -0.2) is 37.4 Å². The number of hydrogen-bond donors (Lipinski definition) is 3. The van der Waals surface area contributed by atoms with Crippen molar-refractivity contribution in [2.24, 2.45) is 5.10 Å². The largest absolute Gasteiger partial charge is 0.504 e. The van der Waals surface area contributed by atoms with Crippen molar-refractivity contribution in [2.45, 2.75) is 0 Å². The highest BCUT2D eigenvalue weighted by atomic mass is 35.5. The van der Waals surface area contributed by atoms with Crippen LogP contribution in [0.4, 0.5) is 5.69 Å². The fourth-order valence-corrected chi connectivity index (χ4v) is 2.18. The first-order valence-electron chi connectivity index (χ1n) is 7.29. The van der Waals surface area contributed by atoms with Crippen molar-refractivity contribution in [3.8, 4) is 17.2 Å². The van der Waals surface area contributed by atoms with Crippen molar-refractivity contribution in [3.63, 3.8) is 0 Å². The Hall–Kier alpha value is -3.26. The third-order valence-electron chi connectivity index (χ3n) is 3.20. The molecule has 0 aliphatic rings. The van der Waals surface area contributed by atoms with Crippen LogP contribution in [0.25, 0.3) is 0 Å².